The van der Waals surface area contributed by atoms with Gasteiger partial charge in [0.05, 0.1) is 0 Å². The van der Waals surface area contributed by atoms with E-state index in [1.54, 1.807) is 0 Å². The first-order chi connectivity index (χ1) is 10.2. The van der Waals surface area contributed by atoms with E-state index in [4.69, 9.17) is 0 Å². The molecule has 2 heteroatoms. The molecule has 1 aliphatic carbocycles. The molecule has 1 spiro atoms. The lowest BCUT2D eigenvalue weighted by Crippen LogP contribution is -2.45. The SMILES string of the molecule is CCCC1CCC2(CCNCC2c2ccccc2Br)CC1. The first-order valence-electron chi connectivity index (χ1n) is 8.70. The molecule has 21 heavy (non-hydrogen) atoms. The average Bonchev–Trinajstić information content (AvgIpc) is 2.51. The molecule has 1 N–H and O–H groups in total. The lowest BCUT2D eigenvalue weighted by atomic mass is 9.58. The molecule has 1 unspecified atom stereocenters. The van der Waals surface area contributed by atoms with Crippen molar-refractivity contribution in [3.8, 4) is 0 Å². The van der Waals surface area contributed by atoms with E-state index in [2.05, 4.69) is 52.4 Å². The van der Waals surface area contributed by atoms with Crippen molar-refractivity contribution in [1.29, 1.82) is 0 Å². The Morgan fingerprint density at radius 2 is 1.95 bits per heavy atom. The Bertz CT molecular complexity index is 462. The Labute approximate surface area is 138 Å². The Kier molecular flexibility index (Phi) is 5.06. The van der Waals surface area contributed by atoms with Crippen LogP contribution in [0.15, 0.2) is 28.7 Å². The van der Waals surface area contributed by atoms with Gasteiger partial charge in [0, 0.05) is 16.9 Å². The van der Waals surface area contributed by atoms with E-state index in [9.17, 15) is 0 Å². The summed E-state index contributed by atoms with van der Waals surface area (Å²) in [6.07, 6.45) is 9.93. The van der Waals surface area contributed by atoms with Gasteiger partial charge >= 0.3 is 0 Å². The van der Waals surface area contributed by atoms with Crippen molar-refractivity contribution in [2.24, 2.45) is 11.3 Å². The van der Waals surface area contributed by atoms with Crippen molar-refractivity contribution < 1.29 is 0 Å². The van der Waals surface area contributed by atoms with Crippen LogP contribution >= 0.6 is 15.9 Å². The van der Waals surface area contributed by atoms with Crippen LogP contribution in [0.2, 0.25) is 0 Å². The average molecular weight is 350 g/mol. The van der Waals surface area contributed by atoms with Crippen LogP contribution in [0.5, 0.6) is 0 Å². The van der Waals surface area contributed by atoms with Crippen molar-refractivity contribution in [3.05, 3.63) is 34.3 Å². The molecule has 0 bridgehead atoms. The smallest absolute Gasteiger partial charge is 0.0210 e. The van der Waals surface area contributed by atoms with Gasteiger partial charge in [-0.25, -0.2) is 0 Å². The molecule has 3 rings (SSSR count). The second-order valence-electron chi connectivity index (χ2n) is 7.12. The molecule has 0 amide bonds. The molecule has 1 aromatic carbocycles. The van der Waals surface area contributed by atoms with E-state index in [1.165, 1.54) is 61.5 Å². The van der Waals surface area contributed by atoms with Gasteiger partial charge in [0.2, 0.25) is 0 Å². The summed E-state index contributed by atoms with van der Waals surface area (Å²) >= 11 is 3.79. The van der Waals surface area contributed by atoms with Crippen molar-refractivity contribution >= 4 is 15.9 Å². The molecule has 1 heterocycles. The topological polar surface area (TPSA) is 12.0 Å². The van der Waals surface area contributed by atoms with Gasteiger partial charge in [-0.2, -0.15) is 0 Å². The van der Waals surface area contributed by atoms with Gasteiger partial charge in [-0.3, -0.25) is 0 Å². The second-order valence-corrected chi connectivity index (χ2v) is 7.98. The van der Waals surface area contributed by atoms with Gasteiger partial charge in [0.15, 0.2) is 0 Å². The molecular formula is C19H28BrN. The van der Waals surface area contributed by atoms with Gasteiger partial charge < -0.3 is 5.32 Å². The molecule has 1 atom stereocenters. The molecule has 0 radical (unpaired) electrons. The fourth-order valence-electron chi connectivity index (χ4n) is 4.72. The first kappa shape index (κ1) is 15.6. The number of nitrogens with one attached hydrogen (secondary N) is 1. The van der Waals surface area contributed by atoms with Crippen LogP contribution in [-0.4, -0.2) is 13.1 Å². The zero-order valence-electron chi connectivity index (χ0n) is 13.2. The predicted molar refractivity (Wildman–Crippen MR) is 93.7 cm³/mol. The standard InChI is InChI=1S/C19H28BrN/c1-2-5-15-8-10-19(11-9-15)12-13-21-14-17(19)16-6-3-4-7-18(16)20/h3-4,6-7,15,17,21H,2,5,8-14H2,1H3. The van der Waals surface area contributed by atoms with Crippen LogP contribution < -0.4 is 5.32 Å². The largest absolute Gasteiger partial charge is 0.316 e. The van der Waals surface area contributed by atoms with Crippen LogP contribution in [-0.2, 0) is 0 Å². The van der Waals surface area contributed by atoms with E-state index >= 15 is 0 Å². The summed E-state index contributed by atoms with van der Waals surface area (Å²) in [4.78, 5) is 0. The molecule has 116 valence electrons. The number of rotatable bonds is 3. The number of benzene rings is 1. The summed E-state index contributed by atoms with van der Waals surface area (Å²) in [6.45, 7) is 4.69. The van der Waals surface area contributed by atoms with Gasteiger partial charge in [-0.05, 0) is 61.6 Å². The number of halogens is 1. The molecule has 2 aliphatic rings. The quantitative estimate of drug-likeness (QED) is 0.759. The lowest BCUT2D eigenvalue weighted by molar-refractivity contribution is 0.0765. The highest BCUT2D eigenvalue weighted by atomic mass is 79.9. The van der Waals surface area contributed by atoms with Crippen molar-refractivity contribution in [2.45, 2.75) is 57.8 Å². The fourth-order valence-corrected chi connectivity index (χ4v) is 5.28. The van der Waals surface area contributed by atoms with Crippen LogP contribution in [0.25, 0.3) is 0 Å². The molecule has 1 aromatic rings. The fraction of sp³-hybridized carbons (Fsp3) is 0.684. The summed E-state index contributed by atoms with van der Waals surface area (Å²) in [7, 11) is 0. The Hall–Kier alpha value is -0.340. The molecule has 1 nitrogen and oxygen atoms in total. The molecule has 1 saturated heterocycles. The van der Waals surface area contributed by atoms with E-state index in [-0.39, 0.29) is 0 Å². The summed E-state index contributed by atoms with van der Waals surface area (Å²) in [5.41, 5.74) is 2.08. The third-order valence-corrected chi connectivity index (χ3v) is 6.69. The molecule has 1 aliphatic heterocycles. The third-order valence-electron chi connectivity index (χ3n) is 5.97. The summed E-state index contributed by atoms with van der Waals surface area (Å²) in [5.74, 6) is 1.68. The highest BCUT2D eigenvalue weighted by Gasteiger charge is 2.44. The highest BCUT2D eigenvalue weighted by molar-refractivity contribution is 9.10. The lowest BCUT2D eigenvalue weighted by Gasteiger charge is -2.49. The van der Waals surface area contributed by atoms with Crippen molar-refractivity contribution in [3.63, 3.8) is 0 Å². The Balaban J connectivity index is 1.81. The Morgan fingerprint density at radius 1 is 1.19 bits per heavy atom. The van der Waals surface area contributed by atoms with Crippen LogP contribution in [0, 0.1) is 11.3 Å². The van der Waals surface area contributed by atoms with Gasteiger partial charge in [-0.15, -0.1) is 0 Å². The second kappa shape index (κ2) is 6.83. The minimum Gasteiger partial charge on any atom is -0.316 e. The summed E-state index contributed by atoms with van der Waals surface area (Å²) < 4.78 is 1.30. The maximum absolute atomic E-state index is 3.79. The highest BCUT2D eigenvalue weighted by Crippen LogP contribution is 2.53. The number of piperidine rings is 1. The first-order valence-corrected chi connectivity index (χ1v) is 9.49. The van der Waals surface area contributed by atoms with Gasteiger partial charge in [-0.1, -0.05) is 53.9 Å². The summed E-state index contributed by atoms with van der Waals surface area (Å²) in [5, 5.41) is 3.65. The van der Waals surface area contributed by atoms with Crippen LogP contribution in [0.4, 0.5) is 0 Å². The molecular weight excluding hydrogens is 322 g/mol. The number of hydrogen-bond acceptors (Lipinski definition) is 1. The van der Waals surface area contributed by atoms with Crippen LogP contribution in [0.3, 0.4) is 0 Å². The van der Waals surface area contributed by atoms with Crippen LogP contribution in [0.1, 0.15) is 63.4 Å². The minimum absolute atomic E-state index is 0.555. The van der Waals surface area contributed by atoms with Crippen molar-refractivity contribution in [2.75, 3.05) is 13.1 Å². The van der Waals surface area contributed by atoms with Gasteiger partial charge in [0.1, 0.15) is 0 Å². The van der Waals surface area contributed by atoms with E-state index in [1.807, 2.05) is 0 Å². The normalized spacial score (nSPS) is 33.2. The third kappa shape index (κ3) is 3.22. The van der Waals surface area contributed by atoms with E-state index in [0.717, 1.165) is 12.5 Å². The summed E-state index contributed by atoms with van der Waals surface area (Å²) in [6, 6.07) is 8.88. The molecule has 2 fully saturated rings. The zero-order chi connectivity index (χ0) is 14.7. The van der Waals surface area contributed by atoms with Gasteiger partial charge in [0.25, 0.3) is 0 Å². The maximum atomic E-state index is 3.79. The van der Waals surface area contributed by atoms with Crippen molar-refractivity contribution in [1.82, 2.24) is 5.32 Å². The minimum atomic E-state index is 0.555. The zero-order valence-corrected chi connectivity index (χ0v) is 14.8. The molecule has 0 aromatic heterocycles. The monoisotopic (exact) mass is 349 g/mol. The predicted octanol–water partition coefficient (Wildman–Crippen LogP) is 5.50. The maximum Gasteiger partial charge on any atom is 0.0210 e. The Morgan fingerprint density at radius 3 is 2.67 bits per heavy atom. The van der Waals surface area contributed by atoms with E-state index < -0.39 is 0 Å². The molecule has 1 saturated carbocycles. The van der Waals surface area contributed by atoms with E-state index in [0.29, 0.717) is 11.3 Å². The number of hydrogen-bond donors (Lipinski definition) is 1.